The largest absolute Gasteiger partial charge is 0.173 e. The summed E-state index contributed by atoms with van der Waals surface area (Å²) in [5, 5.41) is 1.30. The Bertz CT molecular complexity index is 755. The van der Waals surface area contributed by atoms with Gasteiger partial charge < -0.3 is 0 Å². The first-order chi connectivity index (χ1) is 9.61. The molecule has 0 radical (unpaired) electrons. The second-order valence-electron chi connectivity index (χ2n) is 5.43. The molecule has 0 spiro atoms. The molecule has 2 nitrogen and oxygen atoms in total. The summed E-state index contributed by atoms with van der Waals surface area (Å²) in [7, 11) is 0. The molecule has 0 unspecified atom stereocenters. The van der Waals surface area contributed by atoms with Gasteiger partial charge >= 0.3 is 0 Å². The van der Waals surface area contributed by atoms with Crippen molar-refractivity contribution < 1.29 is 0 Å². The number of aryl methyl sites for hydroxylation is 2. The lowest BCUT2D eigenvalue weighted by Crippen LogP contribution is -1.92. The maximum absolute atomic E-state index is 4.52. The van der Waals surface area contributed by atoms with Crippen LogP contribution in [-0.2, 0) is 6.42 Å². The first kappa shape index (κ1) is 14.3. The maximum atomic E-state index is 4.52. The average molecular weight is 323 g/mol. The van der Waals surface area contributed by atoms with Crippen LogP contribution in [0.2, 0.25) is 0 Å². The molecule has 0 atom stereocenters. The van der Waals surface area contributed by atoms with Crippen LogP contribution < -0.4 is 0 Å². The summed E-state index contributed by atoms with van der Waals surface area (Å²) in [6.07, 6.45) is 1.09. The third-order valence-electron chi connectivity index (χ3n) is 3.34. The molecule has 0 bridgehead atoms. The fourth-order valence-corrected chi connectivity index (χ4v) is 5.34. The van der Waals surface area contributed by atoms with Gasteiger partial charge in [-0.25, -0.2) is 0 Å². The lowest BCUT2D eigenvalue weighted by Gasteiger charge is -2.09. The Labute approximate surface area is 131 Å². The summed E-state index contributed by atoms with van der Waals surface area (Å²) >= 11 is 5.23. The Balaban J connectivity index is 2.27. The normalized spacial score (nSPS) is 12.1. The van der Waals surface area contributed by atoms with Crippen molar-refractivity contribution in [3.05, 3.63) is 16.5 Å². The summed E-state index contributed by atoms with van der Waals surface area (Å²) in [5.41, 5.74) is 3.48. The van der Waals surface area contributed by atoms with Gasteiger partial charge in [-0.1, -0.05) is 20.8 Å². The van der Waals surface area contributed by atoms with Crippen molar-refractivity contribution in [2.45, 2.75) is 39.0 Å². The zero-order valence-corrected chi connectivity index (χ0v) is 14.6. The molecular weight excluding hydrogens is 304 g/mol. The molecule has 106 valence electrons. The Hall–Kier alpha value is -0.650. The summed E-state index contributed by atoms with van der Waals surface area (Å²) in [6, 6.07) is 2.31. The topological polar surface area (TPSA) is 25.8 Å². The SMILES string of the molecule is CCc1cc2c(s1)c(SCC(C)C)c(C)c1nsnc12. The summed E-state index contributed by atoms with van der Waals surface area (Å²) in [4.78, 5) is 2.85. The van der Waals surface area contributed by atoms with Crippen molar-refractivity contribution in [3.63, 3.8) is 0 Å². The van der Waals surface area contributed by atoms with E-state index < -0.39 is 0 Å². The fourth-order valence-electron chi connectivity index (χ4n) is 2.27. The van der Waals surface area contributed by atoms with Crippen LogP contribution in [0, 0.1) is 12.8 Å². The molecule has 3 rings (SSSR count). The lowest BCUT2D eigenvalue weighted by molar-refractivity contribution is 0.750. The van der Waals surface area contributed by atoms with Crippen molar-refractivity contribution in [1.29, 1.82) is 0 Å². The van der Waals surface area contributed by atoms with Gasteiger partial charge in [0.1, 0.15) is 11.0 Å². The molecule has 0 saturated carbocycles. The zero-order chi connectivity index (χ0) is 14.3. The minimum atomic E-state index is 0.698. The predicted octanol–water partition coefficient (Wildman–Crippen LogP) is 5.52. The van der Waals surface area contributed by atoms with Crippen LogP contribution in [0.15, 0.2) is 11.0 Å². The molecule has 2 heterocycles. The van der Waals surface area contributed by atoms with E-state index in [4.69, 9.17) is 0 Å². The number of thioether (sulfide) groups is 1. The highest BCUT2D eigenvalue weighted by Gasteiger charge is 2.17. The highest BCUT2D eigenvalue weighted by atomic mass is 32.2. The van der Waals surface area contributed by atoms with Gasteiger partial charge in [0.25, 0.3) is 0 Å². The Kier molecular flexibility index (Phi) is 4.02. The van der Waals surface area contributed by atoms with Crippen molar-refractivity contribution in [1.82, 2.24) is 8.75 Å². The lowest BCUT2D eigenvalue weighted by atomic mass is 10.1. The van der Waals surface area contributed by atoms with E-state index in [9.17, 15) is 0 Å². The molecule has 0 aliphatic rings. The van der Waals surface area contributed by atoms with Gasteiger partial charge in [-0.2, -0.15) is 8.75 Å². The maximum Gasteiger partial charge on any atom is 0.113 e. The van der Waals surface area contributed by atoms with Crippen molar-refractivity contribution >= 4 is 55.9 Å². The fraction of sp³-hybridized carbons (Fsp3) is 0.467. The average Bonchev–Trinajstić information content (AvgIpc) is 3.03. The third kappa shape index (κ3) is 2.36. The number of thiophene rings is 1. The Morgan fingerprint density at radius 2 is 2.00 bits per heavy atom. The molecular formula is C15H18N2S3. The van der Waals surface area contributed by atoms with E-state index >= 15 is 0 Å². The third-order valence-corrected chi connectivity index (χ3v) is 6.93. The quantitative estimate of drug-likeness (QED) is 0.591. The van der Waals surface area contributed by atoms with Gasteiger partial charge in [0.2, 0.25) is 0 Å². The number of rotatable bonds is 4. The number of aromatic nitrogens is 2. The van der Waals surface area contributed by atoms with E-state index in [0.717, 1.165) is 23.2 Å². The molecule has 0 aliphatic carbocycles. The molecule has 3 aromatic rings. The zero-order valence-electron chi connectivity index (χ0n) is 12.2. The molecule has 0 aliphatic heterocycles. The van der Waals surface area contributed by atoms with Crippen LogP contribution in [-0.4, -0.2) is 14.5 Å². The molecule has 0 saturated heterocycles. The summed E-state index contributed by atoms with van der Waals surface area (Å²) in [5.74, 6) is 1.85. The number of benzene rings is 1. The monoisotopic (exact) mass is 322 g/mol. The van der Waals surface area contributed by atoms with E-state index in [0.29, 0.717) is 5.92 Å². The molecule has 2 aromatic heterocycles. The molecule has 5 heteroatoms. The number of hydrogen-bond acceptors (Lipinski definition) is 5. The van der Waals surface area contributed by atoms with Gasteiger partial charge in [-0.15, -0.1) is 23.1 Å². The van der Waals surface area contributed by atoms with Crippen LogP contribution in [0.1, 0.15) is 31.2 Å². The minimum Gasteiger partial charge on any atom is -0.173 e. The second kappa shape index (κ2) is 5.62. The smallest absolute Gasteiger partial charge is 0.113 e. The Morgan fingerprint density at radius 3 is 2.70 bits per heavy atom. The summed E-state index contributed by atoms with van der Waals surface area (Å²) < 4.78 is 10.4. The van der Waals surface area contributed by atoms with Gasteiger partial charge in [0.15, 0.2) is 0 Å². The molecule has 0 fully saturated rings. The number of hydrogen-bond donors (Lipinski definition) is 0. The minimum absolute atomic E-state index is 0.698. The second-order valence-corrected chi connectivity index (χ2v) is 8.12. The van der Waals surface area contributed by atoms with E-state index in [2.05, 4.69) is 42.5 Å². The summed E-state index contributed by atoms with van der Waals surface area (Å²) in [6.45, 7) is 8.95. The molecule has 1 aromatic carbocycles. The van der Waals surface area contributed by atoms with Crippen molar-refractivity contribution in [3.8, 4) is 0 Å². The Morgan fingerprint density at radius 1 is 1.25 bits per heavy atom. The highest BCUT2D eigenvalue weighted by Crippen LogP contribution is 2.42. The van der Waals surface area contributed by atoms with Crippen LogP contribution >= 0.6 is 34.8 Å². The van der Waals surface area contributed by atoms with Crippen molar-refractivity contribution in [2.24, 2.45) is 5.92 Å². The van der Waals surface area contributed by atoms with Crippen LogP contribution in [0.25, 0.3) is 21.1 Å². The van der Waals surface area contributed by atoms with E-state index in [1.807, 2.05) is 23.1 Å². The first-order valence-corrected chi connectivity index (χ1v) is 9.45. The molecule has 0 N–H and O–H groups in total. The van der Waals surface area contributed by atoms with Gasteiger partial charge in [-0.3, -0.25) is 0 Å². The van der Waals surface area contributed by atoms with Crippen molar-refractivity contribution in [2.75, 3.05) is 5.75 Å². The van der Waals surface area contributed by atoms with E-state index in [-0.39, 0.29) is 0 Å². The molecule has 20 heavy (non-hydrogen) atoms. The van der Waals surface area contributed by atoms with Gasteiger partial charge in [-0.05, 0) is 30.9 Å². The van der Waals surface area contributed by atoms with Gasteiger partial charge in [0.05, 0.1) is 16.4 Å². The van der Waals surface area contributed by atoms with Crippen LogP contribution in [0.5, 0.6) is 0 Å². The van der Waals surface area contributed by atoms with Crippen LogP contribution in [0.4, 0.5) is 0 Å². The van der Waals surface area contributed by atoms with Gasteiger partial charge in [0, 0.05) is 20.9 Å². The number of fused-ring (bicyclic) bond motifs is 3. The first-order valence-electron chi connectivity index (χ1n) is 6.91. The predicted molar refractivity (Wildman–Crippen MR) is 92.5 cm³/mol. The highest BCUT2D eigenvalue weighted by molar-refractivity contribution is 7.99. The van der Waals surface area contributed by atoms with Crippen LogP contribution in [0.3, 0.4) is 0 Å². The van der Waals surface area contributed by atoms with E-state index in [1.165, 1.54) is 37.2 Å². The number of nitrogens with zero attached hydrogens (tertiary/aromatic N) is 2. The molecule has 0 amide bonds. The van der Waals surface area contributed by atoms with E-state index in [1.54, 1.807) is 0 Å². The standard InChI is InChI=1S/C15H18N2S3/c1-5-10-6-11-13-12(16-20-17-13)9(4)14(15(11)19-10)18-7-8(2)3/h6,8H,5,7H2,1-4H3.